The van der Waals surface area contributed by atoms with Gasteiger partial charge in [0.15, 0.2) is 11.5 Å². The largest absolute Gasteiger partial charge is 0.486 e. The monoisotopic (exact) mass is 409 g/mol. The smallest absolute Gasteiger partial charge is 0.271 e. The summed E-state index contributed by atoms with van der Waals surface area (Å²) < 4.78 is 13.3. The fourth-order valence-electron chi connectivity index (χ4n) is 4.18. The van der Waals surface area contributed by atoms with E-state index in [0.717, 1.165) is 52.7 Å². The third-order valence-corrected chi connectivity index (χ3v) is 6.38. The summed E-state index contributed by atoms with van der Waals surface area (Å²) in [7, 11) is 1.92. The molecule has 0 unspecified atom stereocenters. The van der Waals surface area contributed by atoms with Crippen molar-refractivity contribution in [1.29, 1.82) is 0 Å². The Morgan fingerprint density at radius 2 is 2.03 bits per heavy atom. The third kappa shape index (κ3) is 3.29. The van der Waals surface area contributed by atoms with Gasteiger partial charge in [0, 0.05) is 30.7 Å². The van der Waals surface area contributed by atoms with Crippen LogP contribution in [-0.2, 0) is 7.05 Å². The van der Waals surface area contributed by atoms with Crippen LogP contribution in [0.4, 0.5) is 0 Å². The molecule has 2 aliphatic heterocycles. The number of hydrogen-bond donors (Lipinski definition) is 0. The van der Waals surface area contributed by atoms with Crippen molar-refractivity contribution in [2.24, 2.45) is 7.05 Å². The van der Waals surface area contributed by atoms with Gasteiger partial charge in [0.05, 0.1) is 16.7 Å². The maximum Gasteiger partial charge on any atom is 0.271 e. The molecule has 1 saturated heterocycles. The number of aromatic nitrogens is 2. The quantitative estimate of drug-likeness (QED) is 0.650. The fourth-order valence-corrected chi connectivity index (χ4v) is 4.81. The molecule has 2 aliphatic rings. The van der Waals surface area contributed by atoms with Gasteiger partial charge in [-0.05, 0) is 43.5 Å². The van der Waals surface area contributed by atoms with Gasteiger partial charge in [0.1, 0.15) is 18.9 Å². The Morgan fingerprint density at radius 3 is 2.83 bits per heavy atom. The summed E-state index contributed by atoms with van der Waals surface area (Å²) in [5, 5.41) is 3.06. The summed E-state index contributed by atoms with van der Waals surface area (Å²) >= 11 is 1.62. The van der Waals surface area contributed by atoms with Crippen LogP contribution in [0.25, 0.3) is 11.3 Å². The third-order valence-electron chi connectivity index (χ3n) is 5.60. The summed E-state index contributed by atoms with van der Waals surface area (Å²) in [6.07, 6.45) is 3.93. The Kier molecular flexibility index (Phi) is 4.54. The normalized spacial score (nSPS) is 18.3. The molecule has 4 heterocycles. The van der Waals surface area contributed by atoms with Crippen molar-refractivity contribution in [2.75, 3.05) is 19.8 Å². The molecule has 5 rings (SSSR count). The lowest BCUT2D eigenvalue weighted by molar-refractivity contribution is 0.0725. The number of likely N-dealkylation sites (tertiary alicyclic amines) is 1. The second-order valence-electron chi connectivity index (χ2n) is 7.54. The van der Waals surface area contributed by atoms with Gasteiger partial charge in [-0.15, -0.1) is 11.3 Å². The minimum absolute atomic E-state index is 0.0539. The average molecular weight is 410 g/mol. The zero-order valence-electron chi connectivity index (χ0n) is 16.6. The number of aryl methyl sites for hydroxylation is 2. The highest BCUT2D eigenvalue weighted by Gasteiger charge is 2.32. The zero-order chi connectivity index (χ0) is 20.0. The molecule has 29 heavy (non-hydrogen) atoms. The summed E-state index contributed by atoms with van der Waals surface area (Å²) in [5.74, 6) is 1.61. The number of ether oxygens (including phenoxy) is 2. The Labute approximate surface area is 173 Å². The van der Waals surface area contributed by atoms with Crippen LogP contribution < -0.4 is 9.47 Å². The van der Waals surface area contributed by atoms with E-state index in [0.29, 0.717) is 18.9 Å². The first-order valence-electron chi connectivity index (χ1n) is 9.89. The van der Waals surface area contributed by atoms with Gasteiger partial charge in [-0.2, -0.15) is 0 Å². The SMILES string of the molecule is Cc1nc(-c2cc(C(=O)N3CCC[C@H]3c3ccc4c(c3)OCCO4)n(C)c2)cs1. The van der Waals surface area contributed by atoms with Gasteiger partial charge in [0.2, 0.25) is 0 Å². The number of thiazole rings is 1. The van der Waals surface area contributed by atoms with E-state index < -0.39 is 0 Å². The van der Waals surface area contributed by atoms with Crippen LogP contribution in [0.1, 0.15) is 39.9 Å². The molecule has 0 radical (unpaired) electrons. The van der Waals surface area contributed by atoms with E-state index in [1.165, 1.54) is 0 Å². The van der Waals surface area contributed by atoms with Crippen LogP contribution in [0.5, 0.6) is 11.5 Å². The Bertz CT molecular complexity index is 1070. The van der Waals surface area contributed by atoms with E-state index in [1.54, 1.807) is 11.3 Å². The standard InChI is InChI=1S/C22H23N3O3S/c1-14-23-17(13-29-14)16-10-19(24(2)12-16)22(26)25-7-3-4-18(25)15-5-6-20-21(11-15)28-9-8-27-20/h5-6,10-13,18H,3-4,7-9H2,1-2H3/t18-/m0/s1. The van der Waals surface area contributed by atoms with Gasteiger partial charge in [-0.1, -0.05) is 6.07 Å². The molecule has 1 atom stereocenters. The molecule has 0 bridgehead atoms. The van der Waals surface area contributed by atoms with E-state index in [-0.39, 0.29) is 11.9 Å². The maximum atomic E-state index is 13.4. The van der Waals surface area contributed by atoms with E-state index in [2.05, 4.69) is 11.1 Å². The lowest BCUT2D eigenvalue weighted by Crippen LogP contribution is -2.31. The van der Waals surface area contributed by atoms with E-state index in [1.807, 2.05) is 53.2 Å². The van der Waals surface area contributed by atoms with Crippen molar-refractivity contribution in [3.8, 4) is 22.8 Å². The van der Waals surface area contributed by atoms with Crippen molar-refractivity contribution in [2.45, 2.75) is 25.8 Å². The summed E-state index contributed by atoms with van der Waals surface area (Å²) in [6.45, 7) is 3.89. The molecule has 6 nitrogen and oxygen atoms in total. The molecule has 0 saturated carbocycles. The van der Waals surface area contributed by atoms with Gasteiger partial charge in [-0.3, -0.25) is 4.79 Å². The van der Waals surface area contributed by atoms with E-state index in [9.17, 15) is 4.79 Å². The van der Waals surface area contributed by atoms with Crippen LogP contribution in [0, 0.1) is 6.92 Å². The molecule has 0 spiro atoms. The first-order chi connectivity index (χ1) is 14.1. The minimum Gasteiger partial charge on any atom is -0.486 e. The summed E-state index contributed by atoms with van der Waals surface area (Å²) in [5.41, 5.74) is 3.70. The second-order valence-corrected chi connectivity index (χ2v) is 8.60. The highest BCUT2D eigenvalue weighted by molar-refractivity contribution is 7.09. The Balaban J connectivity index is 1.43. The second kappa shape index (κ2) is 7.22. The number of fused-ring (bicyclic) bond motifs is 1. The highest BCUT2D eigenvalue weighted by atomic mass is 32.1. The average Bonchev–Trinajstić information content (AvgIpc) is 3.46. The predicted molar refractivity (Wildman–Crippen MR) is 112 cm³/mol. The van der Waals surface area contributed by atoms with Crippen molar-refractivity contribution in [1.82, 2.24) is 14.5 Å². The maximum absolute atomic E-state index is 13.4. The van der Waals surface area contributed by atoms with Crippen molar-refractivity contribution in [3.05, 3.63) is 52.1 Å². The highest BCUT2D eigenvalue weighted by Crippen LogP contribution is 2.39. The van der Waals surface area contributed by atoms with Gasteiger partial charge in [-0.25, -0.2) is 4.98 Å². The van der Waals surface area contributed by atoms with Crippen molar-refractivity contribution < 1.29 is 14.3 Å². The molecule has 1 aromatic carbocycles. The molecule has 7 heteroatoms. The molecular weight excluding hydrogens is 386 g/mol. The van der Waals surface area contributed by atoms with Crippen LogP contribution in [-0.4, -0.2) is 40.1 Å². The van der Waals surface area contributed by atoms with Crippen LogP contribution in [0.15, 0.2) is 35.8 Å². The number of hydrogen-bond acceptors (Lipinski definition) is 5. The lowest BCUT2D eigenvalue weighted by Gasteiger charge is -2.27. The van der Waals surface area contributed by atoms with Crippen LogP contribution in [0.2, 0.25) is 0 Å². The van der Waals surface area contributed by atoms with Crippen molar-refractivity contribution in [3.63, 3.8) is 0 Å². The number of rotatable bonds is 3. The molecule has 150 valence electrons. The molecule has 3 aromatic rings. The molecule has 1 fully saturated rings. The Morgan fingerprint density at radius 1 is 1.21 bits per heavy atom. The van der Waals surface area contributed by atoms with Gasteiger partial charge in [0.25, 0.3) is 5.91 Å². The van der Waals surface area contributed by atoms with Crippen LogP contribution >= 0.6 is 11.3 Å². The lowest BCUT2D eigenvalue weighted by atomic mass is 10.0. The molecule has 0 aliphatic carbocycles. The molecular formula is C22H23N3O3S. The molecule has 0 N–H and O–H groups in total. The number of carbonyl (C=O) groups is 1. The number of nitrogens with zero attached hydrogens (tertiary/aromatic N) is 3. The zero-order valence-corrected chi connectivity index (χ0v) is 17.4. The number of carbonyl (C=O) groups excluding carboxylic acids is 1. The summed E-state index contributed by atoms with van der Waals surface area (Å²) in [6, 6.07) is 8.04. The van der Waals surface area contributed by atoms with E-state index in [4.69, 9.17) is 9.47 Å². The first-order valence-corrected chi connectivity index (χ1v) is 10.8. The van der Waals surface area contributed by atoms with Crippen molar-refractivity contribution >= 4 is 17.2 Å². The molecule has 1 amide bonds. The summed E-state index contributed by atoms with van der Waals surface area (Å²) in [4.78, 5) is 20.0. The van der Waals surface area contributed by atoms with E-state index >= 15 is 0 Å². The van der Waals surface area contributed by atoms with Crippen LogP contribution in [0.3, 0.4) is 0 Å². The topological polar surface area (TPSA) is 56.6 Å². The first kappa shape index (κ1) is 18.2. The molecule has 2 aromatic heterocycles. The Hall–Kier alpha value is -2.80. The fraction of sp³-hybridized carbons (Fsp3) is 0.364. The minimum atomic E-state index is 0.0539. The van der Waals surface area contributed by atoms with Gasteiger partial charge < -0.3 is 18.9 Å². The number of amides is 1. The number of benzene rings is 1. The predicted octanol–water partition coefficient (Wildman–Crippen LogP) is 4.21. The van der Waals surface area contributed by atoms with Gasteiger partial charge >= 0.3 is 0 Å².